The summed E-state index contributed by atoms with van der Waals surface area (Å²) in [7, 11) is 0. The van der Waals surface area contributed by atoms with Crippen molar-refractivity contribution in [3.63, 3.8) is 0 Å². The van der Waals surface area contributed by atoms with E-state index in [-0.39, 0.29) is 55.2 Å². The second kappa shape index (κ2) is 17.8. The van der Waals surface area contributed by atoms with Crippen LogP contribution in [-0.2, 0) is 28.7 Å². The first kappa shape index (κ1) is 35.4. The van der Waals surface area contributed by atoms with Gasteiger partial charge in [-0.3, -0.25) is 24.0 Å². The van der Waals surface area contributed by atoms with Crippen molar-refractivity contribution >= 4 is 29.5 Å². The third-order valence-electron chi connectivity index (χ3n) is 5.68. The number of rotatable bonds is 20. The lowest BCUT2D eigenvalue weighted by Gasteiger charge is -2.26. The van der Waals surface area contributed by atoms with Crippen LogP contribution < -0.4 is 27.0 Å². The molecule has 12 nitrogen and oxygen atoms in total. The number of nitrogens with one attached hydrogen (secondary N) is 4. The molecule has 0 aliphatic carbocycles. The molecule has 4 atom stereocenters. The highest BCUT2D eigenvalue weighted by Gasteiger charge is 2.29. The second-order valence-corrected chi connectivity index (χ2v) is 10.8. The summed E-state index contributed by atoms with van der Waals surface area (Å²) in [4.78, 5) is 61.2. The molecular weight excluding hydrogens is 494 g/mol. The standard InChI is InChI=1S/C26H49N5O7/c1-14(2)22(24(27)35)31-25(36)19(28-16(5)6)10-12-38-11-9-18(23(34)15(3)4)30-26(37)20(13-21(32)33)29-17(7)8/h14-20,22,28-29H,9-13H2,1-8H3,(H2,27,35)(H,30,37)(H,31,36)(H,32,33)/t18-,19-,20-,22-/m0/s1. The Kier molecular flexibility index (Phi) is 16.6. The lowest BCUT2D eigenvalue weighted by molar-refractivity contribution is -0.140. The van der Waals surface area contributed by atoms with Gasteiger partial charge >= 0.3 is 5.97 Å². The summed E-state index contributed by atoms with van der Waals surface area (Å²) >= 11 is 0. The third-order valence-corrected chi connectivity index (χ3v) is 5.68. The molecule has 3 amide bonds. The Hall–Kier alpha value is -2.57. The van der Waals surface area contributed by atoms with Gasteiger partial charge in [0.2, 0.25) is 17.7 Å². The monoisotopic (exact) mass is 543 g/mol. The largest absolute Gasteiger partial charge is 0.481 e. The topological polar surface area (TPSA) is 189 Å². The highest BCUT2D eigenvalue weighted by atomic mass is 16.5. The van der Waals surface area contributed by atoms with Crippen molar-refractivity contribution < 1.29 is 33.8 Å². The number of carbonyl (C=O) groups is 5. The minimum atomic E-state index is -1.13. The van der Waals surface area contributed by atoms with Gasteiger partial charge in [-0.25, -0.2) is 0 Å². The van der Waals surface area contributed by atoms with Crippen molar-refractivity contribution in [3.8, 4) is 0 Å². The minimum Gasteiger partial charge on any atom is -0.481 e. The predicted molar refractivity (Wildman–Crippen MR) is 144 cm³/mol. The van der Waals surface area contributed by atoms with Crippen LogP contribution in [0.3, 0.4) is 0 Å². The lowest BCUT2D eigenvalue weighted by atomic mass is 9.98. The molecular formula is C26H49N5O7. The summed E-state index contributed by atoms with van der Waals surface area (Å²) in [5.74, 6) is -3.36. The molecule has 0 aromatic carbocycles. The van der Waals surface area contributed by atoms with Gasteiger partial charge in [0.1, 0.15) is 6.04 Å². The highest BCUT2D eigenvalue weighted by molar-refractivity contribution is 5.93. The van der Waals surface area contributed by atoms with Gasteiger partial charge in [-0.2, -0.15) is 0 Å². The van der Waals surface area contributed by atoms with Crippen molar-refractivity contribution in [1.29, 1.82) is 0 Å². The van der Waals surface area contributed by atoms with Crippen LogP contribution in [0.1, 0.15) is 74.7 Å². The molecule has 0 bridgehead atoms. The molecule has 0 saturated heterocycles. The first-order valence-corrected chi connectivity index (χ1v) is 13.3. The third kappa shape index (κ3) is 14.4. The Morgan fingerprint density at radius 2 is 1.21 bits per heavy atom. The smallest absolute Gasteiger partial charge is 0.305 e. The van der Waals surface area contributed by atoms with E-state index in [9.17, 15) is 24.0 Å². The first-order chi connectivity index (χ1) is 17.6. The molecule has 0 aromatic heterocycles. The summed E-state index contributed by atoms with van der Waals surface area (Å²) in [5, 5.41) is 20.6. The maximum atomic E-state index is 12.8. The molecule has 0 aliphatic rings. The number of hydrogen-bond acceptors (Lipinski definition) is 8. The summed E-state index contributed by atoms with van der Waals surface area (Å²) in [6.45, 7) is 14.7. The van der Waals surface area contributed by atoms with Gasteiger partial charge in [-0.15, -0.1) is 0 Å². The van der Waals surface area contributed by atoms with Crippen LogP contribution in [0.25, 0.3) is 0 Å². The molecule has 220 valence electrons. The number of hydrogen-bond donors (Lipinski definition) is 6. The molecule has 12 heteroatoms. The quantitative estimate of drug-likeness (QED) is 0.118. The van der Waals surface area contributed by atoms with Crippen molar-refractivity contribution in [2.24, 2.45) is 17.6 Å². The van der Waals surface area contributed by atoms with E-state index in [1.165, 1.54) is 0 Å². The molecule has 0 rings (SSSR count). The molecule has 0 radical (unpaired) electrons. The fourth-order valence-corrected chi connectivity index (χ4v) is 3.78. The number of amides is 3. The van der Waals surface area contributed by atoms with Gasteiger partial charge in [0.05, 0.1) is 24.5 Å². The van der Waals surface area contributed by atoms with E-state index >= 15 is 0 Å². The number of ketones is 1. The molecule has 0 heterocycles. The van der Waals surface area contributed by atoms with Gasteiger partial charge in [0.15, 0.2) is 5.78 Å². The Labute approximate surface area is 226 Å². The molecule has 0 spiro atoms. The van der Waals surface area contributed by atoms with Crippen molar-refractivity contribution in [2.45, 2.75) is 111 Å². The van der Waals surface area contributed by atoms with E-state index in [0.29, 0.717) is 6.42 Å². The molecule has 7 N–H and O–H groups in total. The average Bonchev–Trinajstić information content (AvgIpc) is 2.78. The van der Waals surface area contributed by atoms with E-state index in [1.54, 1.807) is 41.5 Å². The zero-order valence-electron chi connectivity index (χ0n) is 24.1. The first-order valence-electron chi connectivity index (χ1n) is 13.3. The highest BCUT2D eigenvalue weighted by Crippen LogP contribution is 2.08. The van der Waals surface area contributed by atoms with Crippen molar-refractivity contribution in [3.05, 3.63) is 0 Å². The molecule has 0 aromatic rings. The van der Waals surface area contributed by atoms with E-state index in [0.717, 1.165) is 0 Å². The van der Waals surface area contributed by atoms with E-state index in [1.807, 2.05) is 13.8 Å². The number of nitrogens with two attached hydrogens (primary N) is 1. The Morgan fingerprint density at radius 3 is 1.63 bits per heavy atom. The number of carboxylic acids is 1. The van der Waals surface area contributed by atoms with Gasteiger partial charge in [-0.1, -0.05) is 55.4 Å². The van der Waals surface area contributed by atoms with Gasteiger partial charge < -0.3 is 36.8 Å². The van der Waals surface area contributed by atoms with Crippen molar-refractivity contribution in [2.75, 3.05) is 13.2 Å². The number of ether oxygens (including phenoxy) is 1. The SMILES string of the molecule is CC(C)N[C@@H](CC(=O)O)C(=O)N[C@@H](CCOCC[C@H](NC(C)C)C(=O)N[C@H](C(N)=O)C(C)C)C(=O)C(C)C. The lowest BCUT2D eigenvalue weighted by Crippen LogP contribution is -2.55. The average molecular weight is 544 g/mol. The summed E-state index contributed by atoms with van der Waals surface area (Å²) in [6.07, 6.45) is 0.0837. The molecule has 0 aliphatic heterocycles. The fraction of sp³-hybridized carbons (Fsp3) is 0.808. The number of primary amides is 1. The molecule has 0 unspecified atom stereocenters. The van der Waals surface area contributed by atoms with Crippen LogP contribution in [0.2, 0.25) is 0 Å². The Balaban J connectivity index is 5.13. The minimum absolute atomic E-state index is 0.00159. The summed E-state index contributed by atoms with van der Waals surface area (Å²) in [5.41, 5.74) is 5.41. The van der Waals surface area contributed by atoms with Crippen LogP contribution in [-0.4, -0.2) is 84.0 Å². The maximum Gasteiger partial charge on any atom is 0.305 e. The van der Waals surface area contributed by atoms with Gasteiger partial charge in [0, 0.05) is 31.2 Å². The number of carbonyl (C=O) groups excluding carboxylic acids is 4. The zero-order valence-corrected chi connectivity index (χ0v) is 24.1. The normalized spacial score (nSPS) is 14.8. The van der Waals surface area contributed by atoms with Crippen LogP contribution >= 0.6 is 0 Å². The van der Waals surface area contributed by atoms with Gasteiger partial charge in [0.25, 0.3) is 0 Å². The molecule has 38 heavy (non-hydrogen) atoms. The van der Waals surface area contributed by atoms with Crippen LogP contribution in [0.15, 0.2) is 0 Å². The zero-order chi connectivity index (χ0) is 29.6. The van der Waals surface area contributed by atoms with E-state index in [2.05, 4.69) is 21.3 Å². The number of aliphatic carboxylic acids is 1. The van der Waals surface area contributed by atoms with E-state index < -0.39 is 48.4 Å². The second-order valence-electron chi connectivity index (χ2n) is 10.8. The van der Waals surface area contributed by atoms with Crippen LogP contribution in [0.4, 0.5) is 0 Å². The van der Waals surface area contributed by atoms with Gasteiger partial charge in [-0.05, 0) is 18.8 Å². The Morgan fingerprint density at radius 1 is 0.737 bits per heavy atom. The fourth-order valence-electron chi connectivity index (χ4n) is 3.78. The summed E-state index contributed by atoms with van der Waals surface area (Å²) < 4.78 is 5.70. The van der Waals surface area contributed by atoms with Crippen molar-refractivity contribution in [1.82, 2.24) is 21.3 Å². The summed E-state index contributed by atoms with van der Waals surface area (Å²) in [6, 6.07) is -3.37. The number of carboxylic acid groups (broad SMARTS) is 1. The Bertz CT molecular complexity index is 786. The predicted octanol–water partition coefficient (Wildman–Crippen LogP) is 0.327. The van der Waals surface area contributed by atoms with Crippen LogP contribution in [0.5, 0.6) is 0 Å². The maximum absolute atomic E-state index is 12.8. The molecule has 0 fully saturated rings. The van der Waals surface area contributed by atoms with Crippen LogP contribution in [0, 0.1) is 11.8 Å². The molecule has 0 saturated carbocycles. The van der Waals surface area contributed by atoms with E-state index in [4.69, 9.17) is 15.6 Å². The number of Topliss-reactive ketones (excluding diaryl/α,β-unsaturated/α-hetero) is 1.